The lowest BCUT2D eigenvalue weighted by molar-refractivity contribution is -0.119. The number of aromatic amines is 1. The lowest BCUT2D eigenvalue weighted by Crippen LogP contribution is -2.28. The summed E-state index contributed by atoms with van der Waals surface area (Å²) in [7, 11) is 0. The Balaban J connectivity index is 2.10. The highest BCUT2D eigenvalue weighted by Crippen LogP contribution is 2.34. The monoisotopic (exact) mass is 228 g/mol. The Morgan fingerprint density at radius 2 is 2.24 bits per heavy atom. The van der Waals surface area contributed by atoms with E-state index in [0.29, 0.717) is 0 Å². The van der Waals surface area contributed by atoms with E-state index in [9.17, 15) is 4.79 Å². The molecule has 3 nitrogen and oxygen atoms in total. The third-order valence-electron chi connectivity index (χ3n) is 3.49. The molecule has 0 saturated carbocycles. The first kappa shape index (κ1) is 10.4. The molecule has 1 aromatic carbocycles. The Kier molecular flexibility index (Phi) is 2.39. The van der Waals surface area contributed by atoms with Gasteiger partial charge in [0.05, 0.1) is 6.04 Å². The average molecular weight is 228 g/mol. The maximum Gasteiger partial charge on any atom is 0.217 e. The van der Waals surface area contributed by atoms with E-state index in [1.54, 1.807) is 6.92 Å². The van der Waals surface area contributed by atoms with Crippen LogP contribution in [0.4, 0.5) is 0 Å². The maximum absolute atomic E-state index is 11.2. The van der Waals surface area contributed by atoms with Gasteiger partial charge in [-0.1, -0.05) is 18.2 Å². The van der Waals surface area contributed by atoms with Crippen LogP contribution in [0.25, 0.3) is 10.9 Å². The molecule has 0 fully saturated rings. The fourth-order valence-electron chi connectivity index (χ4n) is 2.80. The number of carbonyl (C=O) groups is 1. The molecule has 1 heterocycles. The fraction of sp³-hybridized carbons (Fsp3) is 0.357. The lowest BCUT2D eigenvalue weighted by Gasteiger charge is -2.23. The molecule has 0 bridgehead atoms. The van der Waals surface area contributed by atoms with Gasteiger partial charge in [-0.3, -0.25) is 4.79 Å². The molecule has 0 unspecified atom stereocenters. The van der Waals surface area contributed by atoms with Gasteiger partial charge in [0, 0.05) is 23.5 Å². The van der Waals surface area contributed by atoms with Gasteiger partial charge in [0.2, 0.25) is 5.91 Å². The smallest absolute Gasteiger partial charge is 0.217 e. The summed E-state index contributed by atoms with van der Waals surface area (Å²) >= 11 is 0. The predicted octanol–water partition coefficient (Wildman–Crippen LogP) is 2.68. The molecule has 1 amide bonds. The second kappa shape index (κ2) is 3.91. The van der Waals surface area contributed by atoms with E-state index in [0.717, 1.165) is 19.3 Å². The zero-order chi connectivity index (χ0) is 11.8. The Labute approximate surface area is 100 Å². The summed E-state index contributed by atoms with van der Waals surface area (Å²) in [5, 5.41) is 4.33. The number of nitrogens with one attached hydrogen (secondary N) is 2. The molecule has 3 heteroatoms. The molecule has 1 atom stereocenters. The molecule has 0 spiro atoms. The van der Waals surface area contributed by atoms with Crippen molar-refractivity contribution in [3.8, 4) is 0 Å². The number of fused-ring (bicyclic) bond motifs is 3. The van der Waals surface area contributed by atoms with Crippen LogP contribution in [0.1, 0.15) is 37.1 Å². The molecule has 0 radical (unpaired) electrons. The highest BCUT2D eigenvalue weighted by molar-refractivity contribution is 5.85. The number of aryl methyl sites for hydroxylation is 1. The summed E-state index contributed by atoms with van der Waals surface area (Å²) in [4.78, 5) is 14.7. The number of hydrogen-bond donors (Lipinski definition) is 2. The third kappa shape index (κ3) is 1.71. The molecule has 0 aliphatic heterocycles. The summed E-state index contributed by atoms with van der Waals surface area (Å²) in [5.41, 5.74) is 3.76. The first-order valence-electron chi connectivity index (χ1n) is 6.12. The molecular weight excluding hydrogens is 212 g/mol. The number of amides is 1. The number of aromatic nitrogens is 1. The van der Waals surface area contributed by atoms with Crippen molar-refractivity contribution in [2.45, 2.75) is 32.2 Å². The minimum Gasteiger partial charge on any atom is -0.356 e. The molecule has 1 aromatic heterocycles. The van der Waals surface area contributed by atoms with Crippen LogP contribution in [-0.4, -0.2) is 10.9 Å². The van der Waals surface area contributed by atoms with Gasteiger partial charge in [-0.2, -0.15) is 0 Å². The Hall–Kier alpha value is -1.77. The van der Waals surface area contributed by atoms with Crippen LogP contribution >= 0.6 is 0 Å². The topological polar surface area (TPSA) is 44.9 Å². The molecule has 1 aliphatic carbocycles. The second-order valence-electron chi connectivity index (χ2n) is 4.71. The van der Waals surface area contributed by atoms with Gasteiger partial charge in [0.15, 0.2) is 0 Å². The van der Waals surface area contributed by atoms with E-state index in [1.165, 1.54) is 22.2 Å². The molecule has 17 heavy (non-hydrogen) atoms. The van der Waals surface area contributed by atoms with Crippen LogP contribution in [0, 0.1) is 0 Å². The van der Waals surface area contributed by atoms with Crippen molar-refractivity contribution in [3.05, 3.63) is 35.5 Å². The molecule has 88 valence electrons. The van der Waals surface area contributed by atoms with Gasteiger partial charge in [0.25, 0.3) is 0 Å². The highest BCUT2D eigenvalue weighted by atomic mass is 16.1. The fourth-order valence-corrected chi connectivity index (χ4v) is 2.80. The molecule has 0 saturated heterocycles. The molecular formula is C14H16N2O. The van der Waals surface area contributed by atoms with Gasteiger partial charge in [0.1, 0.15) is 0 Å². The van der Waals surface area contributed by atoms with Gasteiger partial charge in [-0.15, -0.1) is 0 Å². The first-order valence-corrected chi connectivity index (χ1v) is 6.12. The van der Waals surface area contributed by atoms with E-state index >= 15 is 0 Å². The maximum atomic E-state index is 11.2. The van der Waals surface area contributed by atoms with Gasteiger partial charge < -0.3 is 10.3 Å². The second-order valence-corrected chi connectivity index (χ2v) is 4.71. The minimum absolute atomic E-state index is 0.0431. The van der Waals surface area contributed by atoms with E-state index in [1.807, 2.05) is 6.07 Å². The van der Waals surface area contributed by atoms with Crippen LogP contribution in [0.3, 0.4) is 0 Å². The highest BCUT2D eigenvalue weighted by Gasteiger charge is 2.24. The van der Waals surface area contributed by atoms with E-state index in [4.69, 9.17) is 0 Å². The largest absolute Gasteiger partial charge is 0.356 e. The van der Waals surface area contributed by atoms with Crippen molar-refractivity contribution in [1.82, 2.24) is 10.3 Å². The minimum atomic E-state index is 0.0431. The van der Waals surface area contributed by atoms with Crippen molar-refractivity contribution >= 4 is 16.8 Å². The Morgan fingerprint density at radius 3 is 3.06 bits per heavy atom. The summed E-state index contributed by atoms with van der Waals surface area (Å²) in [6, 6.07) is 8.51. The Morgan fingerprint density at radius 1 is 1.41 bits per heavy atom. The Bertz CT molecular complexity index is 571. The van der Waals surface area contributed by atoms with E-state index in [-0.39, 0.29) is 11.9 Å². The van der Waals surface area contributed by atoms with Crippen LogP contribution in [-0.2, 0) is 11.2 Å². The number of hydrogen-bond acceptors (Lipinski definition) is 1. The summed E-state index contributed by atoms with van der Waals surface area (Å²) in [5.74, 6) is 0.0431. The number of benzene rings is 1. The van der Waals surface area contributed by atoms with Gasteiger partial charge in [-0.25, -0.2) is 0 Å². The zero-order valence-corrected chi connectivity index (χ0v) is 9.92. The normalized spacial score (nSPS) is 19.0. The first-order chi connectivity index (χ1) is 8.25. The number of carbonyl (C=O) groups excluding carboxylic acids is 1. The summed E-state index contributed by atoms with van der Waals surface area (Å²) < 4.78 is 0. The van der Waals surface area contributed by atoms with Crippen LogP contribution in [0.5, 0.6) is 0 Å². The van der Waals surface area contributed by atoms with Crippen LogP contribution < -0.4 is 5.32 Å². The molecule has 2 aromatic rings. The molecule has 3 rings (SSSR count). The summed E-state index contributed by atoms with van der Waals surface area (Å²) in [6.07, 6.45) is 3.27. The zero-order valence-electron chi connectivity index (χ0n) is 9.92. The van der Waals surface area contributed by atoms with Crippen LogP contribution in [0.15, 0.2) is 24.3 Å². The number of rotatable bonds is 1. The standard InChI is InChI=1S/C14H16N2O/c1-9(17)15-13-8-4-6-11-10-5-2-3-7-12(10)16-14(11)13/h2-3,5,7,13,16H,4,6,8H2,1H3,(H,15,17)/t13-/m1/s1. The number of H-pyrrole nitrogens is 1. The van der Waals surface area contributed by atoms with Crippen molar-refractivity contribution in [2.24, 2.45) is 0 Å². The SMILES string of the molecule is CC(=O)N[C@@H]1CCCc2c1[nH]c1ccccc21. The molecule has 1 aliphatic rings. The van der Waals surface area contributed by atoms with Crippen molar-refractivity contribution < 1.29 is 4.79 Å². The van der Waals surface area contributed by atoms with Crippen molar-refractivity contribution in [2.75, 3.05) is 0 Å². The van der Waals surface area contributed by atoms with E-state index < -0.39 is 0 Å². The predicted molar refractivity (Wildman–Crippen MR) is 67.8 cm³/mol. The third-order valence-corrected chi connectivity index (χ3v) is 3.49. The quantitative estimate of drug-likeness (QED) is 0.774. The van der Waals surface area contributed by atoms with Gasteiger partial charge in [-0.05, 0) is 30.9 Å². The van der Waals surface area contributed by atoms with Crippen molar-refractivity contribution in [1.29, 1.82) is 0 Å². The lowest BCUT2D eigenvalue weighted by atomic mass is 9.92. The van der Waals surface area contributed by atoms with Crippen LogP contribution in [0.2, 0.25) is 0 Å². The molecule has 2 N–H and O–H groups in total. The average Bonchev–Trinajstić information content (AvgIpc) is 2.68. The van der Waals surface area contributed by atoms with E-state index in [2.05, 4.69) is 28.5 Å². The number of para-hydroxylation sites is 1. The summed E-state index contributed by atoms with van der Waals surface area (Å²) in [6.45, 7) is 1.58. The van der Waals surface area contributed by atoms with Gasteiger partial charge >= 0.3 is 0 Å². The van der Waals surface area contributed by atoms with Crippen molar-refractivity contribution in [3.63, 3.8) is 0 Å².